The molecule has 0 aliphatic heterocycles. The Kier molecular flexibility index (Phi) is 10.7. The fourth-order valence-electron chi connectivity index (χ4n) is 2.29. The summed E-state index contributed by atoms with van der Waals surface area (Å²) in [5, 5.41) is 27.8. The second-order valence-electron chi connectivity index (χ2n) is 5.52. The van der Waals surface area contributed by atoms with Crippen molar-refractivity contribution < 1.29 is 67.6 Å². The van der Waals surface area contributed by atoms with E-state index in [1.807, 2.05) is 0 Å². The molecule has 152 valence electrons. The van der Waals surface area contributed by atoms with Crippen molar-refractivity contribution in [2.45, 2.75) is 13.2 Å². The maximum Gasteiger partial charge on any atom is 1.00 e. The summed E-state index contributed by atoms with van der Waals surface area (Å²) in [5.74, 6) is -0.503. The van der Waals surface area contributed by atoms with Gasteiger partial charge in [0, 0.05) is 6.07 Å². The zero-order chi connectivity index (χ0) is 20.6. The van der Waals surface area contributed by atoms with Crippen LogP contribution in [0.4, 0.5) is 17.1 Å². The standard InChI is InChI=1S/C16H19N3O8S.Na/c1-25-16-7-13(2-3-15(16)17-10-28(22,23)24)18-19-14-5-11(8-26-20)4-12(6-14)9-27-21;/h2-7,17,20-21H,8-10H2,1H3,(H,22,23,24);/q;+1/p-1. The summed E-state index contributed by atoms with van der Waals surface area (Å²) in [6.07, 6.45) is 0. The first-order valence-corrected chi connectivity index (χ1v) is 9.35. The van der Waals surface area contributed by atoms with Crippen LogP contribution >= 0.6 is 0 Å². The summed E-state index contributed by atoms with van der Waals surface area (Å²) < 4.78 is 37.4. The van der Waals surface area contributed by atoms with E-state index in [1.165, 1.54) is 19.2 Å². The molecule has 0 spiro atoms. The van der Waals surface area contributed by atoms with Crippen LogP contribution in [0.3, 0.4) is 0 Å². The van der Waals surface area contributed by atoms with Crippen molar-refractivity contribution in [2.24, 2.45) is 10.2 Å². The van der Waals surface area contributed by atoms with Gasteiger partial charge in [-0.2, -0.15) is 10.2 Å². The number of azo groups is 1. The van der Waals surface area contributed by atoms with Crippen LogP contribution in [0.2, 0.25) is 0 Å². The molecule has 0 saturated carbocycles. The quantitative estimate of drug-likeness (QED) is 0.153. The van der Waals surface area contributed by atoms with Crippen molar-refractivity contribution in [1.29, 1.82) is 0 Å². The number of rotatable bonds is 10. The largest absolute Gasteiger partial charge is 1.00 e. The van der Waals surface area contributed by atoms with Crippen LogP contribution in [-0.4, -0.2) is 36.5 Å². The van der Waals surface area contributed by atoms with Crippen molar-refractivity contribution in [2.75, 3.05) is 18.3 Å². The van der Waals surface area contributed by atoms with Crippen molar-refractivity contribution in [3.05, 3.63) is 47.5 Å². The fourth-order valence-corrected chi connectivity index (χ4v) is 2.62. The number of benzene rings is 2. The van der Waals surface area contributed by atoms with Gasteiger partial charge in [-0.25, -0.2) is 18.2 Å². The summed E-state index contributed by atoms with van der Waals surface area (Å²) >= 11 is 0. The van der Waals surface area contributed by atoms with Crippen LogP contribution in [-0.2, 0) is 33.1 Å². The Morgan fingerprint density at radius 3 is 2.10 bits per heavy atom. The van der Waals surface area contributed by atoms with Gasteiger partial charge < -0.3 is 14.6 Å². The van der Waals surface area contributed by atoms with Gasteiger partial charge in [0.05, 0.1) is 24.2 Å². The Morgan fingerprint density at radius 2 is 1.59 bits per heavy atom. The number of ether oxygens (including phenoxy) is 1. The first-order valence-electron chi connectivity index (χ1n) is 7.77. The molecule has 0 saturated heterocycles. The Hall–Kier alpha value is -1.61. The molecule has 13 heteroatoms. The predicted octanol–water partition coefficient (Wildman–Crippen LogP) is 0.00840. The second-order valence-corrected chi connectivity index (χ2v) is 6.92. The molecule has 0 aromatic heterocycles. The van der Waals surface area contributed by atoms with E-state index in [1.54, 1.807) is 24.3 Å². The molecule has 0 heterocycles. The second kappa shape index (κ2) is 12.2. The molecule has 0 amide bonds. The third-order valence-corrected chi connectivity index (χ3v) is 3.90. The van der Waals surface area contributed by atoms with Crippen molar-refractivity contribution in [3.8, 4) is 5.75 Å². The predicted molar refractivity (Wildman–Crippen MR) is 96.6 cm³/mol. The Morgan fingerprint density at radius 1 is 1.00 bits per heavy atom. The summed E-state index contributed by atoms with van der Waals surface area (Å²) in [4.78, 5) is 8.21. The van der Waals surface area contributed by atoms with Gasteiger partial charge in [0.2, 0.25) is 0 Å². The van der Waals surface area contributed by atoms with Gasteiger partial charge in [-0.15, -0.1) is 0 Å². The Labute approximate surface area is 189 Å². The number of methoxy groups -OCH3 is 1. The fraction of sp³-hybridized carbons (Fsp3) is 0.250. The Balaban J connectivity index is 0.00000420. The SMILES string of the molecule is COc1cc(N=Nc2cc(COO)cc(COO)c2)ccc1NCS(=O)(=O)[O-].[Na+]. The summed E-state index contributed by atoms with van der Waals surface area (Å²) in [5.41, 5.74) is 2.30. The first-order chi connectivity index (χ1) is 13.3. The van der Waals surface area contributed by atoms with Gasteiger partial charge in [-0.05, 0) is 35.4 Å². The van der Waals surface area contributed by atoms with Crippen molar-refractivity contribution >= 4 is 27.2 Å². The maximum atomic E-state index is 10.7. The van der Waals surface area contributed by atoms with E-state index in [-0.39, 0.29) is 48.5 Å². The van der Waals surface area contributed by atoms with E-state index in [4.69, 9.17) is 15.3 Å². The normalized spacial score (nSPS) is 11.3. The molecular formula is C16H18N3NaO8S. The summed E-state index contributed by atoms with van der Waals surface area (Å²) in [6, 6.07) is 9.43. The van der Waals surface area contributed by atoms with Crippen LogP contribution in [0.1, 0.15) is 11.1 Å². The van der Waals surface area contributed by atoms with Gasteiger partial charge in [-0.3, -0.25) is 10.5 Å². The molecule has 29 heavy (non-hydrogen) atoms. The van der Waals surface area contributed by atoms with Crippen LogP contribution in [0.5, 0.6) is 5.75 Å². The van der Waals surface area contributed by atoms with Gasteiger partial charge in [0.15, 0.2) is 0 Å². The minimum Gasteiger partial charge on any atom is -0.747 e. The van der Waals surface area contributed by atoms with Crippen LogP contribution in [0.25, 0.3) is 0 Å². The molecule has 0 fully saturated rings. The number of nitrogens with zero attached hydrogens (tertiary/aromatic N) is 2. The van der Waals surface area contributed by atoms with E-state index < -0.39 is 16.0 Å². The molecule has 0 aliphatic carbocycles. The average Bonchev–Trinajstić information content (AvgIpc) is 2.64. The average molecular weight is 435 g/mol. The molecule has 0 aliphatic rings. The molecule has 2 rings (SSSR count). The number of hydrogen-bond donors (Lipinski definition) is 3. The van der Waals surface area contributed by atoms with E-state index in [0.717, 1.165) is 0 Å². The zero-order valence-corrected chi connectivity index (χ0v) is 18.5. The van der Waals surface area contributed by atoms with Crippen LogP contribution in [0, 0.1) is 0 Å². The summed E-state index contributed by atoms with van der Waals surface area (Å²) in [7, 11) is -3.05. The van der Waals surface area contributed by atoms with E-state index in [2.05, 4.69) is 25.3 Å². The monoisotopic (exact) mass is 435 g/mol. The molecular weight excluding hydrogens is 417 g/mol. The maximum absolute atomic E-state index is 10.7. The number of nitrogens with one attached hydrogen (secondary N) is 1. The van der Waals surface area contributed by atoms with Gasteiger partial charge >= 0.3 is 29.6 Å². The molecule has 0 unspecified atom stereocenters. The molecule has 0 bridgehead atoms. The molecule has 3 N–H and O–H groups in total. The van der Waals surface area contributed by atoms with E-state index in [9.17, 15) is 13.0 Å². The first kappa shape index (κ1) is 25.4. The third-order valence-electron chi connectivity index (χ3n) is 3.41. The summed E-state index contributed by atoms with van der Waals surface area (Å²) in [6.45, 7) is -0.169. The van der Waals surface area contributed by atoms with E-state index >= 15 is 0 Å². The van der Waals surface area contributed by atoms with E-state index in [0.29, 0.717) is 28.2 Å². The minimum atomic E-state index is -4.44. The van der Waals surface area contributed by atoms with Gasteiger partial charge in [0.25, 0.3) is 0 Å². The van der Waals surface area contributed by atoms with Crippen LogP contribution < -0.4 is 39.6 Å². The number of hydrogen-bond acceptors (Lipinski definition) is 11. The van der Waals surface area contributed by atoms with Crippen molar-refractivity contribution in [1.82, 2.24) is 0 Å². The minimum absolute atomic E-state index is 0. The molecule has 0 radical (unpaired) electrons. The topological polar surface area (TPSA) is 162 Å². The molecule has 2 aromatic rings. The third kappa shape index (κ3) is 8.74. The molecule has 2 aromatic carbocycles. The molecule has 11 nitrogen and oxygen atoms in total. The zero-order valence-electron chi connectivity index (χ0n) is 15.7. The molecule has 0 atom stereocenters. The smallest absolute Gasteiger partial charge is 0.747 e. The van der Waals surface area contributed by atoms with Gasteiger partial charge in [0.1, 0.15) is 35.0 Å². The Bertz CT molecular complexity index is 916. The van der Waals surface area contributed by atoms with Gasteiger partial charge in [-0.1, -0.05) is 6.07 Å². The van der Waals surface area contributed by atoms with Crippen LogP contribution in [0.15, 0.2) is 46.6 Å². The van der Waals surface area contributed by atoms with Crippen molar-refractivity contribution in [3.63, 3.8) is 0 Å². The number of anilines is 1.